The van der Waals surface area contributed by atoms with Gasteiger partial charge in [-0.05, 0) is 19.3 Å². The quantitative estimate of drug-likeness (QED) is 0.825. The highest BCUT2D eigenvalue weighted by atomic mass is 32.1. The van der Waals surface area contributed by atoms with E-state index in [0.717, 1.165) is 36.5 Å². The molecule has 0 spiro atoms. The van der Waals surface area contributed by atoms with Gasteiger partial charge in [-0.1, -0.05) is 20.8 Å². The maximum absolute atomic E-state index is 13.0. The second kappa shape index (κ2) is 6.47. The second-order valence-electron chi connectivity index (χ2n) is 8.04. The van der Waals surface area contributed by atoms with Crippen LogP contribution in [-0.4, -0.2) is 46.7 Å². The molecular weight excluding hydrogens is 322 g/mol. The van der Waals surface area contributed by atoms with Crippen LogP contribution < -0.4 is 0 Å². The lowest BCUT2D eigenvalue weighted by Gasteiger charge is -2.36. The van der Waals surface area contributed by atoms with E-state index in [1.807, 2.05) is 4.90 Å². The summed E-state index contributed by atoms with van der Waals surface area (Å²) in [6.07, 6.45) is 3.49. The summed E-state index contributed by atoms with van der Waals surface area (Å²) in [6, 6.07) is 0.0772. The van der Waals surface area contributed by atoms with E-state index in [9.17, 15) is 9.59 Å². The van der Waals surface area contributed by atoms with Crippen LogP contribution >= 0.6 is 11.3 Å². The Morgan fingerprint density at radius 2 is 2.08 bits per heavy atom. The van der Waals surface area contributed by atoms with Crippen LogP contribution in [0.1, 0.15) is 63.2 Å². The zero-order valence-corrected chi connectivity index (χ0v) is 15.9. The number of rotatable bonds is 2. The third kappa shape index (κ3) is 3.34. The van der Waals surface area contributed by atoms with Crippen molar-refractivity contribution in [3.8, 4) is 0 Å². The number of carbonyl (C=O) groups is 2. The lowest BCUT2D eigenvalue weighted by molar-refractivity contribution is -0.139. The highest BCUT2D eigenvalue weighted by Gasteiger charge is 2.39. The topological polar surface area (TPSA) is 53.5 Å². The Kier molecular flexibility index (Phi) is 4.69. The standard InChI is InChI=1S/C18H27N3O2S/c1-18(2,3)14-11-24-16(19-14)13-7-5-6-8-21(13)17(23)12-9-15(22)20(4)10-12/h11-13H,5-10H2,1-4H3/t12-,13-/m1/s1. The Morgan fingerprint density at radius 1 is 1.33 bits per heavy atom. The van der Waals surface area contributed by atoms with Crippen molar-refractivity contribution in [2.45, 2.75) is 57.9 Å². The molecule has 2 atom stereocenters. The molecule has 2 amide bonds. The first-order valence-corrected chi connectivity index (χ1v) is 9.65. The molecule has 3 rings (SSSR count). The van der Waals surface area contributed by atoms with Crippen molar-refractivity contribution in [3.63, 3.8) is 0 Å². The van der Waals surface area contributed by atoms with Crippen LogP contribution in [0, 0.1) is 5.92 Å². The molecule has 0 saturated carbocycles. The average molecular weight is 350 g/mol. The van der Waals surface area contributed by atoms with Crippen molar-refractivity contribution in [2.24, 2.45) is 5.92 Å². The van der Waals surface area contributed by atoms with Crippen LogP contribution in [-0.2, 0) is 15.0 Å². The summed E-state index contributed by atoms with van der Waals surface area (Å²) in [6.45, 7) is 7.81. The zero-order chi connectivity index (χ0) is 17.5. The summed E-state index contributed by atoms with van der Waals surface area (Å²) < 4.78 is 0. The number of amides is 2. The summed E-state index contributed by atoms with van der Waals surface area (Å²) >= 11 is 1.67. The van der Waals surface area contributed by atoms with Crippen molar-refractivity contribution >= 4 is 23.2 Å². The predicted molar refractivity (Wildman–Crippen MR) is 94.9 cm³/mol. The van der Waals surface area contributed by atoms with Gasteiger partial charge in [0, 0.05) is 37.4 Å². The van der Waals surface area contributed by atoms with Crippen molar-refractivity contribution in [3.05, 3.63) is 16.1 Å². The highest BCUT2D eigenvalue weighted by molar-refractivity contribution is 7.09. The molecule has 1 aromatic rings. The van der Waals surface area contributed by atoms with Gasteiger partial charge in [-0.3, -0.25) is 9.59 Å². The highest BCUT2D eigenvalue weighted by Crippen LogP contribution is 2.36. The Bertz CT molecular complexity index is 634. The van der Waals surface area contributed by atoms with E-state index in [2.05, 4.69) is 26.2 Å². The molecule has 0 unspecified atom stereocenters. The molecule has 0 radical (unpaired) electrons. The Balaban J connectivity index is 1.80. The van der Waals surface area contributed by atoms with Gasteiger partial charge in [-0.2, -0.15) is 0 Å². The van der Waals surface area contributed by atoms with Crippen LogP contribution in [0.15, 0.2) is 5.38 Å². The molecule has 1 aromatic heterocycles. The van der Waals surface area contributed by atoms with Gasteiger partial charge in [0.25, 0.3) is 0 Å². The molecule has 5 nitrogen and oxygen atoms in total. The van der Waals surface area contributed by atoms with Gasteiger partial charge in [0.05, 0.1) is 17.7 Å². The molecule has 3 heterocycles. The normalized spacial score (nSPS) is 25.4. The second-order valence-corrected chi connectivity index (χ2v) is 8.93. The van der Waals surface area contributed by atoms with Crippen LogP contribution in [0.5, 0.6) is 0 Å². The number of hydrogen-bond donors (Lipinski definition) is 0. The molecule has 2 aliphatic rings. The van der Waals surface area contributed by atoms with Gasteiger partial charge in [0.15, 0.2) is 0 Å². The maximum atomic E-state index is 13.0. The van der Waals surface area contributed by atoms with Crippen LogP contribution in [0.25, 0.3) is 0 Å². The monoisotopic (exact) mass is 349 g/mol. The van der Waals surface area contributed by atoms with E-state index in [4.69, 9.17) is 4.98 Å². The molecule has 0 bridgehead atoms. The largest absolute Gasteiger partial charge is 0.345 e. The van der Waals surface area contributed by atoms with Gasteiger partial charge < -0.3 is 9.80 Å². The third-order valence-electron chi connectivity index (χ3n) is 5.05. The Labute approximate surface area is 148 Å². The molecule has 132 valence electrons. The lowest BCUT2D eigenvalue weighted by Crippen LogP contribution is -2.42. The number of thiazole rings is 1. The molecule has 0 aliphatic carbocycles. The smallest absolute Gasteiger partial charge is 0.228 e. The van der Waals surface area contributed by atoms with E-state index < -0.39 is 0 Å². The first kappa shape index (κ1) is 17.4. The van der Waals surface area contributed by atoms with Crippen molar-refractivity contribution < 1.29 is 9.59 Å². The minimum absolute atomic E-state index is 0.0266. The van der Waals surface area contributed by atoms with E-state index in [1.165, 1.54) is 0 Å². The van der Waals surface area contributed by atoms with Crippen LogP contribution in [0.4, 0.5) is 0 Å². The minimum atomic E-state index is -0.190. The molecule has 2 fully saturated rings. The van der Waals surface area contributed by atoms with Gasteiger partial charge in [-0.25, -0.2) is 4.98 Å². The van der Waals surface area contributed by atoms with Crippen LogP contribution in [0.2, 0.25) is 0 Å². The molecule has 24 heavy (non-hydrogen) atoms. The van der Waals surface area contributed by atoms with Crippen LogP contribution in [0.3, 0.4) is 0 Å². The fourth-order valence-corrected chi connectivity index (χ4v) is 4.69. The van der Waals surface area contributed by atoms with Crippen molar-refractivity contribution in [2.75, 3.05) is 20.1 Å². The molecular formula is C18H27N3O2S. The van der Waals surface area contributed by atoms with Gasteiger partial charge in [0.2, 0.25) is 11.8 Å². The SMILES string of the molecule is CN1C[C@H](C(=O)N2CCCC[C@@H]2c2nc(C(C)(C)C)cs2)CC1=O. The first-order valence-electron chi connectivity index (χ1n) is 8.77. The number of piperidine rings is 1. The zero-order valence-electron chi connectivity index (χ0n) is 15.0. The minimum Gasteiger partial charge on any atom is -0.345 e. The van der Waals surface area contributed by atoms with Gasteiger partial charge >= 0.3 is 0 Å². The summed E-state index contributed by atoms with van der Waals surface area (Å²) in [5, 5.41) is 3.17. The summed E-state index contributed by atoms with van der Waals surface area (Å²) in [5.74, 6) is 0.0150. The number of hydrogen-bond acceptors (Lipinski definition) is 4. The third-order valence-corrected chi connectivity index (χ3v) is 6.00. The van der Waals surface area contributed by atoms with E-state index in [1.54, 1.807) is 23.3 Å². The number of nitrogens with zero attached hydrogens (tertiary/aromatic N) is 3. The lowest BCUT2D eigenvalue weighted by atomic mass is 9.93. The van der Waals surface area contributed by atoms with Gasteiger partial charge in [0.1, 0.15) is 5.01 Å². The van der Waals surface area contributed by atoms with Crippen molar-refractivity contribution in [1.82, 2.24) is 14.8 Å². The van der Waals surface area contributed by atoms with E-state index in [-0.39, 0.29) is 29.2 Å². The Morgan fingerprint density at radius 3 is 2.67 bits per heavy atom. The average Bonchev–Trinajstić information content (AvgIpc) is 3.14. The van der Waals surface area contributed by atoms with E-state index >= 15 is 0 Å². The molecule has 0 aromatic carbocycles. The summed E-state index contributed by atoms with van der Waals surface area (Å²) in [5.41, 5.74) is 1.12. The first-order chi connectivity index (χ1) is 11.3. The summed E-state index contributed by atoms with van der Waals surface area (Å²) in [4.78, 5) is 33.3. The fraction of sp³-hybridized carbons (Fsp3) is 0.722. The molecule has 2 aliphatic heterocycles. The molecule has 0 N–H and O–H groups in total. The fourth-order valence-electron chi connectivity index (χ4n) is 3.50. The number of likely N-dealkylation sites (tertiary alicyclic amines) is 2. The predicted octanol–water partition coefficient (Wildman–Crippen LogP) is 2.97. The number of aromatic nitrogens is 1. The van der Waals surface area contributed by atoms with E-state index in [0.29, 0.717) is 13.0 Å². The molecule has 6 heteroatoms. The number of carbonyl (C=O) groups excluding carboxylic acids is 2. The molecule has 2 saturated heterocycles. The summed E-state index contributed by atoms with van der Waals surface area (Å²) in [7, 11) is 1.78. The van der Waals surface area contributed by atoms with Gasteiger partial charge in [-0.15, -0.1) is 11.3 Å². The van der Waals surface area contributed by atoms with Crippen molar-refractivity contribution in [1.29, 1.82) is 0 Å². The maximum Gasteiger partial charge on any atom is 0.228 e. The Hall–Kier alpha value is -1.43.